The van der Waals surface area contributed by atoms with Gasteiger partial charge in [0.1, 0.15) is 5.75 Å². The van der Waals surface area contributed by atoms with Crippen LogP contribution in [0.3, 0.4) is 0 Å². The molecule has 1 atom stereocenters. The van der Waals surface area contributed by atoms with Crippen molar-refractivity contribution in [2.75, 3.05) is 25.1 Å². The summed E-state index contributed by atoms with van der Waals surface area (Å²) < 4.78 is 11.8. The Morgan fingerprint density at radius 2 is 1.97 bits per heavy atom. The molecule has 8 heteroatoms. The van der Waals surface area contributed by atoms with E-state index in [1.807, 2.05) is 18.2 Å². The van der Waals surface area contributed by atoms with E-state index < -0.39 is 0 Å². The zero-order chi connectivity index (χ0) is 20.4. The number of hydrogen-bond donors (Lipinski definition) is 1. The second-order valence-electron chi connectivity index (χ2n) is 6.88. The number of carbonyl (C=O) groups excluding carboxylic acids is 3. The summed E-state index contributed by atoms with van der Waals surface area (Å²) in [5.41, 5.74) is 1.07. The predicted molar refractivity (Wildman–Crippen MR) is 109 cm³/mol. The van der Waals surface area contributed by atoms with E-state index in [1.165, 1.54) is 11.0 Å². The van der Waals surface area contributed by atoms with Crippen LogP contribution in [0.2, 0.25) is 0 Å². The molecular weight excluding hydrogens is 440 g/mol. The fourth-order valence-corrected chi connectivity index (χ4v) is 3.83. The molecule has 0 aliphatic carbocycles. The molecule has 2 aromatic carbocycles. The Labute approximate surface area is 176 Å². The van der Waals surface area contributed by atoms with Gasteiger partial charge in [0.15, 0.2) is 6.61 Å². The zero-order valence-electron chi connectivity index (χ0n) is 15.5. The third-order valence-corrected chi connectivity index (χ3v) is 5.52. The SMILES string of the molecule is O=C(COc1ccccc1Br)Nc1ccc2c(c1)C(=O)N(CC1CCCO1)C2=O. The van der Waals surface area contributed by atoms with Crippen LogP contribution < -0.4 is 10.1 Å². The number of anilines is 1. The Morgan fingerprint density at radius 1 is 1.17 bits per heavy atom. The van der Waals surface area contributed by atoms with E-state index in [4.69, 9.17) is 9.47 Å². The number of amides is 3. The van der Waals surface area contributed by atoms with Crippen molar-refractivity contribution in [1.29, 1.82) is 0 Å². The van der Waals surface area contributed by atoms with Gasteiger partial charge in [-0.1, -0.05) is 12.1 Å². The van der Waals surface area contributed by atoms with Crippen LogP contribution in [0.4, 0.5) is 5.69 Å². The summed E-state index contributed by atoms with van der Waals surface area (Å²) in [6, 6.07) is 11.9. The number of carbonyl (C=O) groups is 3. The third-order valence-electron chi connectivity index (χ3n) is 4.86. The maximum atomic E-state index is 12.7. The van der Waals surface area contributed by atoms with Crippen molar-refractivity contribution in [3.8, 4) is 5.75 Å². The van der Waals surface area contributed by atoms with Gasteiger partial charge in [-0.25, -0.2) is 0 Å². The summed E-state index contributed by atoms with van der Waals surface area (Å²) in [4.78, 5) is 38.7. The lowest BCUT2D eigenvalue weighted by Gasteiger charge is -2.17. The minimum atomic E-state index is -0.367. The Balaban J connectivity index is 1.40. The van der Waals surface area contributed by atoms with E-state index in [1.54, 1.807) is 18.2 Å². The molecule has 0 saturated carbocycles. The Bertz CT molecular complexity index is 971. The minimum Gasteiger partial charge on any atom is -0.483 e. The fourth-order valence-electron chi connectivity index (χ4n) is 3.43. The van der Waals surface area contributed by atoms with Gasteiger partial charge < -0.3 is 14.8 Å². The van der Waals surface area contributed by atoms with Crippen molar-refractivity contribution in [1.82, 2.24) is 4.90 Å². The Hall–Kier alpha value is -2.71. The third kappa shape index (κ3) is 4.18. The van der Waals surface area contributed by atoms with E-state index >= 15 is 0 Å². The number of para-hydroxylation sites is 1. The second-order valence-corrected chi connectivity index (χ2v) is 7.74. The lowest BCUT2D eigenvalue weighted by molar-refractivity contribution is -0.118. The van der Waals surface area contributed by atoms with Gasteiger partial charge in [-0.15, -0.1) is 0 Å². The second kappa shape index (κ2) is 8.34. The van der Waals surface area contributed by atoms with E-state index in [2.05, 4.69) is 21.2 Å². The molecule has 3 amide bonds. The molecule has 2 heterocycles. The van der Waals surface area contributed by atoms with Crippen molar-refractivity contribution in [3.05, 3.63) is 58.1 Å². The molecule has 0 bridgehead atoms. The molecule has 2 aliphatic heterocycles. The number of nitrogens with one attached hydrogen (secondary N) is 1. The number of halogens is 1. The molecule has 29 heavy (non-hydrogen) atoms. The lowest BCUT2D eigenvalue weighted by atomic mass is 10.1. The molecular formula is C21H19BrN2O5. The first-order chi connectivity index (χ1) is 14.0. The molecule has 0 aromatic heterocycles. The van der Waals surface area contributed by atoms with Crippen LogP contribution in [0, 0.1) is 0 Å². The quantitative estimate of drug-likeness (QED) is 0.671. The van der Waals surface area contributed by atoms with Gasteiger partial charge in [-0.2, -0.15) is 0 Å². The number of hydrogen-bond acceptors (Lipinski definition) is 5. The van der Waals surface area contributed by atoms with Crippen LogP contribution >= 0.6 is 15.9 Å². The number of benzene rings is 2. The van der Waals surface area contributed by atoms with E-state index in [0.29, 0.717) is 23.6 Å². The molecule has 1 fully saturated rings. The van der Waals surface area contributed by atoms with E-state index in [9.17, 15) is 14.4 Å². The van der Waals surface area contributed by atoms with Crippen LogP contribution in [0.1, 0.15) is 33.6 Å². The molecule has 4 rings (SSSR count). The van der Waals surface area contributed by atoms with Gasteiger partial charge in [-0.3, -0.25) is 19.3 Å². The number of rotatable bonds is 6. The van der Waals surface area contributed by atoms with Gasteiger partial charge in [-0.05, 0) is 59.1 Å². The van der Waals surface area contributed by atoms with Crippen molar-refractivity contribution in [2.24, 2.45) is 0 Å². The maximum absolute atomic E-state index is 12.7. The highest BCUT2D eigenvalue weighted by molar-refractivity contribution is 9.10. The first kappa shape index (κ1) is 19.6. The van der Waals surface area contributed by atoms with Gasteiger partial charge in [0.2, 0.25) is 0 Å². The number of fused-ring (bicyclic) bond motifs is 1. The maximum Gasteiger partial charge on any atom is 0.262 e. The van der Waals surface area contributed by atoms with Crippen molar-refractivity contribution in [3.63, 3.8) is 0 Å². The molecule has 1 unspecified atom stereocenters. The van der Waals surface area contributed by atoms with Crippen molar-refractivity contribution < 1.29 is 23.9 Å². The smallest absolute Gasteiger partial charge is 0.262 e. The average molecular weight is 459 g/mol. The fraction of sp³-hybridized carbons (Fsp3) is 0.286. The number of ether oxygens (including phenoxy) is 2. The zero-order valence-corrected chi connectivity index (χ0v) is 17.1. The van der Waals surface area contributed by atoms with Crippen LogP contribution in [0.5, 0.6) is 5.75 Å². The largest absolute Gasteiger partial charge is 0.483 e. The van der Waals surface area contributed by atoms with Gasteiger partial charge >= 0.3 is 0 Å². The predicted octanol–water partition coefficient (Wildman–Crippen LogP) is 3.24. The highest BCUT2D eigenvalue weighted by Crippen LogP contribution is 2.28. The van der Waals surface area contributed by atoms with Gasteiger partial charge in [0.25, 0.3) is 17.7 Å². The number of imide groups is 1. The highest BCUT2D eigenvalue weighted by Gasteiger charge is 2.37. The molecule has 150 valence electrons. The molecule has 1 N–H and O–H groups in total. The summed E-state index contributed by atoms with van der Waals surface area (Å²) in [5.74, 6) is -0.493. The van der Waals surface area contributed by atoms with Crippen LogP contribution in [-0.4, -0.2) is 48.5 Å². The average Bonchev–Trinajstić information content (AvgIpc) is 3.31. The molecule has 2 aliphatic rings. The van der Waals surface area contributed by atoms with Crippen LogP contribution in [0.15, 0.2) is 46.9 Å². The highest BCUT2D eigenvalue weighted by atomic mass is 79.9. The van der Waals surface area contributed by atoms with E-state index in [0.717, 1.165) is 17.3 Å². The molecule has 7 nitrogen and oxygen atoms in total. The Morgan fingerprint density at radius 3 is 2.72 bits per heavy atom. The molecule has 0 spiro atoms. The summed E-state index contributed by atoms with van der Waals surface area (Å²) in [5, 5.41) is 2.70. The normalized spacial score (nSPS) is 18.1. The molecule has 2 aromatic rings. The Kier molecular flexibility index (Phi) is 5.64. The first-order valence-corrected chi connectivity index (χ1v) is 10.1. The van der Waals surface area contributed by atoms with Crippen LogP contribution in [0.25, 0.3) is 0 Å². The van der Waals surface area contributed by atoms with Crippen molar-refractivity contribution in [2.45, 2.75) is 18.9 Å². The number of nitrogens with zero attached hydrogens (tertiary/aromatic N) is 1. The first-order valence-electron chi connectivity index (χ1n) is 9.32. The lowest BCUT2D eigenvalue weighted by Crippen LogP contribution is -2.36. The summed E-state index contributed by atoms with van der Waals surface area (Å²) in [7, 11) is 0. The van der Waals surface area contributed by atoms with Crippen LogP contribution in [-0.2, 0) is 9.53 Å². The van der Waals surface area contributed by atoms with E-state index in [-0.39, 0.29) is 42.5 Å². The topological polar surface area (TPSA) is 84.9 Å². The van der Waals surface area contributed by atoms with Gasteiger partial charge in [0.05, 0.1) is 28.2 Å². The van der Waals surface area contributed by atoms with Crippen molar-refractivity contribution >= 4 is 39.3 Å². The van der Waals surface area contributed by atoms with Gasteiger partial charge in [0, 0.05) is 12.3 Å². The molecule has 1 saturated heterocycles. The summed E-state index contributed by atoms with van der Waals surface area (Å²) in [6.45, 7) is 0.733. The minimum absolute atomic E-state index is 0.106. The monoisotopic (exact) mass is 458 g/mol. The summed E-state index contributed by atoms with van der Waals surface area (Å²) >= 11 is 3.36. The standard InChI is InChI=1S/C21H19BrN2O5/c22-17-5-1-2-6-18(17)29-12-19(25)23-13-7-8-15-16(10-13)21(27)24(20(15)26)11-14-4-3-9-28-14/h1-2,5-8,10,14H,3-4,9,11-12H2,(H,23,25). The summed E-state index contributed by atoms with van der Waals surface area (Å²) in [6.07, 6.45) is 1.67. The molecule has 0 radical (unpaired) electrons.